The Morgan fingerprint density at radius 3 is 2.25 bits per heavy atom. The third-order valence-corrected chi connectivity index (χ3v) is 5.77. The van der Waals surface area contributed by atoms with E-state index in [1.165, 1.54) is 12.0 Å². The van der Waals surface area contributed by atoms with Crippen molar-refractivity contribution in [3.63, 3.8) is 0 Å². The number of carbonyl (C=O) groups excluding carboxylic acids is 3. The molecule has 4 atom stereocenters. The van der Waals surface area contributed by atoms with Gasteiger partial charge in [-0.1, -0.05) is 0 Å². The van der Waals surface area contributed by atoms with Gasteiger partial charge in [0.1, 0.15) is 0 Å². The van der Waals surface area contributed by atoms with Crippen LogP contribution in [0.2, 0.25) is 0 Å². The molecule has 0 aromatic heterocycles. The van der Waals surface area contributed by atoms with Crippen molar-refractivity contribution < 1.29 is 19.1 Å². The predicted molar refractivity (Wildman–Crippen MR) is 85.9 cm³/mol. The number of nitrogens with zero attached hydrogens (tertiary/aromatic N) is 1. The Labute approximate surface area is 140 Å². The van der Waals surface area contributed by atoms with Crippen molar-refractivity contribution in [1.82, 2.24) is 4.90 Å². The van der Waals surface area contributed by atoms with Gasteiger partial charge in [-0.3, -0.25) is 14.5 Å². The number of hydrogen-bond acceptors (Lipinski definition) is 5. The molecular formula is C18H20N2O4. The summed E-state index contributed by atoms with van der Waals surface area (Å²) in [6.45, 7) is 0.182. The molecule has 3 aliphatic rings. The lowest BCUT2D eigenvalue weighted by Crippen LogP contribution is -2.36. The summed E-state index contributed by atoms with van der Waals surface area (Å²) in [6.07, 6.45) is 3.21. The number of hydrogen-bond donors (Lipinski definition) is 1. The van der Waals surface area contributed by atoms with Gasteiger partial charge in [-0.25, -0.2) is 4.79 Å². The van der Waals surface area contributed by atoms with E-state index in [2.05, 4.69) is 10.1 Å². The van der Waals surface area contributed by atoms with Gasteiger partial charge in [0.05, 0.1) is 31.2 Å². The van der Waals surface area contributed by atoms with Gasteiger partial charge < -0.3 is 10.1 Å². The van der Waals surface area contributed by atoms with Gasteiger partial charge in [-0.2, -0.15) is 0 Å². The van der Waals surface area contributed by atoms with Gasteiger partial charge in [0, 0.05) is 5.69 Å². The van der Waals surface area contributed by atoms with Crippen LogP contribution in [0.5, 0.6) is 0 Å². The van der Waals surface area contributed by atoms with Crippen molar-refractivity contribution in [3.8, 4) is 0 Å². The third-order valence-electron chi connectivity index (χ3n) is 5.77. The molecule has 1 N–H and O–H groups in total. The maximum absolute atomic E-state index is 12.6. The Bertz CT molecular complexity index is 671. The molecular weight excluding hydrogens is 308 g/mol. The van der Waals surface area contributed by atoms with Gasteiger partial charge in [0.2, 0.25) is 11.8 Å². The van der Waals surface area contributed by atoms with Gasteiger partial charge in [-0.05, 0) is 55.4 Å². The Balaban J connectivity index is 1.42. The second kappa shape index (κ2) is 5.61. The Hall–Kier alpha value is -2.37. The SMILES string of the molecule is COC(=O)c1ccc(NCN2C(=O)[C@H]3[C@@H]4CC[C@@H](C4)[C@@H]3C2=O)cc1. The fourth-order valence-corrected chi connectivity index (χ4v) is 4.64. The van der Waals surface area contributed by atoms with Gasteiger partial charge in [0.25, 0.3) is 0 Å². The molecule has 1 aromatic rings. The number of ether oxygens (including phenoxy) is 1. The predicted octanol–water partition coefficient (Wildman–Crippen LogP) is 1.87. The zero-order valence-electron chi connectivity index (χ0n) is 13.5. The van der Waals surface area contributed by atoms with Gasteiger partial charge in [-0.15, -0.1) is 0 Å². The van der Waals surface area contributed by atoms with E-state index >= 15 is 0 Å². The normalized spacial score (nSPS) is 30.6. The van der Waals surface area contributed by atoms with Crippen LogP contribution < -0.4 is 5.32 Å². The molecule has 4 rings (SSSR count). The molecule has 2 bridgehead atoms. The maximum atomic E-state index is 12.6. The van der Waals surface area contributed by atoms with Crippen LogP contribution in [-0.2, 0) is 14.3 Å². The third kappa shape index (κ3) is 2.20. The van der Waals surface area contributed by atoms with Crippen LogP contribution in [0.25, 0.3) is 0 Å². The Morgan fingerprint density at radius 2 is 1.71 bits per heavy atom. The highest BCUT2D eigenvalue weighted by molar-refractivity contribution is 6.06. The summed E-state index contributed by atoms with van der Waals surface area (Å²) < 4.78 is 4.66. The van der Waals surface area contributed by atoms with E-state index < -0.39 is 5.97 Å². The fourth-order valence-electron chi connectivity index (χ4n) is 4.64. The zero-order valence-corrected chi connectivity index (χ0v) is 13.5. The molecule has 1 heterocycles. The molecule has 0 unspecified atom stereocenters. The van der Waals surface area contributed by atoms with Crippen molar-refractivity contribution in [2.75, 3.05) is 19.1 Å². The van der Waals surface area contributed by atoms with Crippen molar-refractivity contribution >= 4 is 23.5 Å². The number of carbonyl (C=O) groups is 3. The summed E-state index contributed by atoms with van der Waals surface area (Å²) in [5.41, 5.74) is 1.21. The molecule has 0 spiro atoms. The molecule has 6 nitrogen and oxygen atoms in total. The average molecular weight is 328 g/mol. The molecule has 1 saturated heterocycles. The minimum Gasteiger partial charge on any atom is -0.465 e. The molecule has 126 valence electrons. The van der Waals surface area contributed by atoms with E-state index in [-0.39, 0.29) is 30.3 Å². The number of rotatable bonds is 4. The van der Waals surface area contributed by atoms with Crippen LogP contribution in [0.3, 0.4) is 0 Å². The van der Waals surface area contributed by atoms with E-state index in [4.69, 9.17) is 0 Å². The standard InChI is InChI=1S/C18H20N2O4/c1-24-18(23)10-4-6-13(7-5-10)19-9-20-16(21)14-11-2-3-12(8-11)15(14)17(20)22/h4-7,11-12,14-15,19H,2-3,8-9H2,1H3/t11-,12+,14-,15-/m0/s1. The molecule has 1 aliphatic heterocycles. The van der Waals surface area contributed by atoms with E-state index in [9.17, 15) is 14.4 Å². The highest BCUT2D eigenvalue weighted by Gasteiger charge is 2.60. The van der Waals surface area contributed by atoms with E-state index in [1.54, 1.807) is 24.3 Å². The monoisotopic (exact) mass is 328 g/mol. The lowest BCUT2D eigenvalue weighted by molar-refractivity contribution is -0.140. The first-order valence-electron chi connectivity index (χ1n) is 8.37. The molecule has 0 radical (unpaired) electrons. The summed E-state index contributed by atoms with van der Waals surface area (Å²) in [4.78, 5) is 38.0. The van der Waals surface area contributed by atoms with Crippen LogP contribution in [0.4, 0.5) is 5.69 Å². The van der Waals surface area contributed by atoms with E-state index in [0.717, 1.165) is 24.9 Å². The summed E-state index contributed by atoms with van der Waals surface area (Å²) in [7, 11) is 1.34. The molecule has 6 heteroatoms. The van der Waals surface area contributed by atoms with Crippen molar-refractivity contribution in [2.45, 2.75) is 19.3 Å². The lowest BCUT2D eigenvalue weighted by Gasteiger charge is -2.19. The van der Waals surface area contributed by atoms with Crippen LogP contribution in [-0.4, -0.2) is 36.5 Å². The Kier molecular flexibility index (Phi) is 3.55. The van der Waals surface area contributed by atoms with Crippen molar-refractivity contribution in [3.05, 3.63) is 29.8 Å². The van der Waals surface area contributed by atoms with Crippen molar-refractivity contribution in [2.24, 2.45) is 23.7 Å². The molecule has 2 aliphatic carbocycles. The second-order valence-electron chi connectivity index (χ2n) is 6.89. The molecule has 24 heavy (non-hydrogen) atoms. The number of anilines is 1. The quantitative estimate of drug-likeness (QED) is 0.674. The van der Waals surface area contributed by atoms with Crippen LogP contribution in [0.1, 0.15) is 29.6 Å². The molecule has 1 aromatic carbocycles. The largest absolute Gasteiger partial charge is 0.465 e. The zero-order chi connectivity index (χ0) is 16.8. The first-order chi connectivity index (χ1) is 11.6. The highest BCUT2D eigenvalue weighted by atomic mass is 16.5. The first-order valence-corrected chi connectivity index (χ1v) is 8.37. The number of nitrogens with one attached hydrogen (secondary N) is 1. The second-order valence-corrected chi connectivity index (χ2v) is 6.89. The van der Waals surface area contributed by atoms with Crippen LogP contribution in [0, 0.1) is 23.7 Å². The maximum Gasteiger partial charge on any atom is 0.337 e. The summed E-state index contributed by atoms with van der Waals surface area (Å²) in [5.74, 6) is 0.211. The first kappa shape index (κ1) is 15.2. The molecule has 3 fully saturated rings. The van der Waals surface area contributed by atoms with E-state index in [1.807, 2.05) is 0 Å². The number of esters is 1. The fraction of sp³-hybridized carbons (Fsp3) is 0.500. The summed E-state index contributed by atoms with van der Waals surface area (Å²) in [5, 5.41) is 3.10. The van der Waals surface area contributed by atoms with Gasteiger partial charge >= 0.3 is 5.97 Å². The summed E-state index contributed by atoms with van der Waals surface area (Å²) >= 11 is 0. The van der Waals surface area contributed by atoms with E-state index in [0.29, 0.717) is 17.4 Å². The minimum atomic E-state index is -0.394. The van der Waals surface area contributed by atoms with Crippen LogP contribution >= 0.6 is 0 Å². The topological polar surface area (TPSA) is 75.7 Å². The highest BCUT2D eigenvalue weighted by Crippen LogP contribution is 2.55. The smallest absolute Gasteiger partial charge is 0.337 e. The van der Waals surface area contributed by atoms with Crippen molar-refractivity contribution in [1.29, 1.82) is 0 Å². The average Bonchev–Trinajstić information content (AvgIpc) is 3.28. The number of methoxy groups -OCH3 is 1. The Morgan fingerprint density at radius 1 is 1.12 bits per heavy atom. The van der Waals surface area contributed by atoms with Crippen LogP contribution in [0.15, 0.2) is 24.3 Å². The number of imide groups is 1. The number of fused-ring (bicyclic) bond motifs is 5. The van der Waals surface area contributed by atoms with Gasteiger partial charge in [0.15, 0.2) is 0 Å². The molecule has 2 saturated carbocycles. The summed E-state index contributed by atoms with van der Waals surface area (Å²) in [6, 6.07) is 6.77. The molecule has 2 amide bonds. The minimum absolute atomic E-state index is 0.0177. The lowest BCUT2D eigenvalue weighted by atomic mass is 9.81. The number of likely N-dealkylation sites (tertiary alicyclic amines) is 1. The number of benzene rings is 1. The number of amides is 2.